The third-order valence-electron chi connectivity index (χ3n) is 2.27. The van der Waals surface area contributed by atoms with Crippen LogP contribution in [0.1, 0.15) is 23.7 Å². The van der Waals surface area contributed by atoms with Gasteiger partial charge in [-0.2, -0.15) is 0 Å². The number of benzene rings is 1. The van der Waals surface area contributed by atoms with Gasteiger partial charge in [-0.15, -0.1) is 0 Å². The van der Waals surface area contributed by atoms with E-state index in [0.717, 1.165) is 31.6 Å². The van der Waals surface area contributed by atoms with E-state index in [1.807, 2.05) is 6.92 Å². The van der Waals surface area contributed by atoms with Gasteiger partial charge in [0.2, 0.25) is 0 Å². The van der Waals surface area contributed by atoms with Crippen LogP contribution in [-0.4, -0.2) is 30.6 Å². The Morgan fingerprint density at radius 2 is 2.18 bits per heavy atom. The Morgan fingerprint density at radius 1 is 1.41 bits per heavy atom. The number of amides is 1. The molecule has 4 nitrogen and oxygen atoms in total. The average molecular weight is 240 g/mol. The SMILES string of the molecule is CCNCCCNC(=O)c1cc(F)ccc1O. The van der Waals surface area contributed by atoms with Gasteiger partial charge in [-0.3, -0.25) is 4.79 Å². The van der Waals surface area contributed by atoms with Gasteiger partial charge >= 0.3 is 0 Å². The van der Waals surface area contributed by atoms with E-state index in [4.69, 9.17) is 0 Å². The largest absolute Gasteiger partial charge is 0.507 e. The lowest BCUT2D eigenvalue weighted by Crippen LogP contribution is -2.27. The number of phenolic OH excluding ortho intramolecular Hbond substituents is 1. The van der Waals surface area contributed by atoms with E-state index in [0.29, 0.717) is 6.54 Å². The molecule has 0 aliphatic carbocycles. The van der Waals surface area contributed by atoms with Crippen LogP contribution in [0.15, 0.2) is 18.2 Å². The number of halogens is 1. The highest BCUT2D eigenvalue weighted by molar-refractivity contribution is 5.96. The molecule has 1 amide bonds. The van der Waals surface area contributed by atoms with Gasteiger partial charge in [-0.1, -0.05) is 6.92 Å². The highest BCUT2D eigenvalue weighted by atomic mass is 19.1. The van der Waals surface area contributed by atoms with Crippen LogP contribution in [0.25, 0.3) is 0 Å². The topological polar surface area (TPSA) is 61.4 Å². The van der Waals surface area contributed by atoms with E-state index in [2.05, 4.69) is 10.6 Å². The molecule has 1 rings (SSSR count). The molecule has 5 heteroatoms. The van der Waals surface area contributed by atoms with Gasteiger partial charge < -0.3 is 15.7 Å². The lowest BCUT2D eigenvalue weighted by Gasteiger charge is -2.07. The molecule has 0 aliphatic rings. The highest BCUT2D eigenvalue weighted by Crippen LogP contribution is 2.17. The Hall–Kier alpha value is -1.62. The third kappa shape index (κ3) is 4.40. The molecule has 0 heterocycles. The zero-order chi connectivity index (χ0) is 12.7. The number of carbonyl (C=O) groups excluding carboxylic acids is 1. The molecule has 94 valence electrons. The second-order valence-corrected chi connectivity index (χ2v) is 3.62. The maximum atomic E-state index is 12.9. The molecular weight excluding hydrogens is 223 g/mol. The molecule has 0 saturated carbocycles. The van der Waals surface area contributed by atoms with E-state index in [1.165, 1.54) is 6.07 Å². The summed E-state index contributed by atoms with van der Waals surface area (Å²) in [6.45, 7) is 4.19. The molecule has 0 spiro atoms. The Morgan fingerprint density at radius 3 is 2.88 bits per heavy atom. The van der Waals surface area contributed by atoms with Gasteiger partial charge in [0.1, 0.15) is 11.6 Å². The summed E-state index contributed by atoms with van der Waals surface area (Å²) in [4.78, 5) is 11.6. The van der Waals surface area contributed by atoms with Crippen molar-refractivity contribution in [3.05, 3.63) is 29.6 Å². The van der Waals surface area contributed by atoms with Crippen molar-refractivity contribution < 1.29 is 14.3 Å². The average Bonchev–Trinajstić information content (AvgIpc) is 2.32. The summed E-state index contributed by atoms with van der Waals surface area (Å²) in [6.07, 6.45) is 0.787. The highest BCUT2D eigenvalue weighted by Gasteiger charge is 2.11. The Kier molecular flexibility index (Phi) is 5.42. The van der Waals surface area contributed by atoms with E-state index in [-0.39, 0.29) is 11.3 Å². The van der Waals surface area contributed by atoms with Crippen molar-refractivity contribution in [3.8, 4) is 5.75 Å². The molecule has 17 heavy (non-hydrogen) atoms. The Balaban J connectivity index is 2.44. The number of aromatic hydroxyl groups is 1. The van der Waals surface area contributed by atoms with Crippen molar-refractivity contribution >= 4 is 5.91 Å². The van der Waals surface area contributed by atoms with Crippen LogP contribution in [0.3, 0.4) is 0 Å². The van der Waals surface area contributed by atoms with Gasteiger partial charge in [0.05, 0.1) is 5.56 Å². The summed E-state index contributed by atoms with van der Waals surface area (Å²) in [5.74, 6) is -1.21. The number of nitrogens with one attached hydrogen (secondary N) is 2. The van der Waals surface area contributed by atoms with Crippen LogP contribution in [0.4, 0.5) is 4.39 Å². The second-order valence-electron chi connectivity index (χ2n) is 3.62. The molecule has 0 aliphatic heterocycles. The van der Waals surface area contributed by atoms with E-state index in [1.54, 1.807) is 0 Å². The minimum Gasteiger partial charge on any atom is -0.507 e. The Bertz CT molecular complexity index is 383. The molecule has 0 fully saturated rings. The standard InChI is InChI=1S/C12H17FN2O2/c1-2-14-6-3-7-15-12(17)10-8-9(13)4-5-11(10)16/h4-5,8,14,16H,2-3,6-7H2,1H3,(H,15,17). The minimum atomic E-state index is -0.541. The number of phenols is 1. The van der Waals surface area contributed by atoms with Gasteiger partial charge in [-0.05, 0) is 37.7 Å². The fourth-order valence-electron chi connectivity index (χ4n) is 1.38. The fraction of sp³-hybridized carbons (Fsp3) is 0.417. The monoisotopic (exact) mass is 240 g/mol. The first-order valence-electron chi connectivity index (χ1n) is 5.62. The molecule has 3 N–H and O–H groups in total. The maximum Gasteiger partial charge on any atom is 0.255 e. The van der Waals surface area contributed by atoms with Crippen molar-refractivity contribution in [3.63, 3.8) is 0 Å². The fourth-order valence-corrected chi connectivity index (χ4v) is 1.38. The van der Waals surface area contributed by atoms with E-state index < -0.39 is 11.7 Å². The number of hydrogen-bond acceptors (Lipinski definition) is 3. The summed E-state index contributed by atoms with van der Waals surface area (Å²) in [5, 5.41) is 15.1. The normalized spacial score (nSPS) is 10.2. The molecular formula is C12H17FN2O2. The number of carbonyl (C=O) groups is 1. The van der Waals surface area contributed by atoms with Crippen LogP contribution < -0.4 is 10.6 Å². The van der Waals surface area contributed by atoms with Gasteiger partial charge in [-0.25, -0.2) is 4.39 Å². The molecule has 0 unspecified atom stereocenters. The molecule has 0 bridgehead atoms. The lowest BCUT2D eigenvalue weighted by atomic mass is 10.2. The van der Waals surface area contributed by atoms with Gasteiger partial charge in [0.15, 0.2) is 0 Å². The lowest BCUT2D eigenvalue weighted by molar-refractivity contribution is 0.0950. The van der Waals surface area contributed by atoms with Crippen LogP contribution >= 0.6 is 0 Å². The van der Waals surface area contributed by atoms with Crippen molar-refractivity contribution in [2.45, 2.75) is 13.3 Å². The number of hydrogen-bond donors (Lipinski definition) is 3. The second kappa shape index (κ2) is 6.85. The van der Waals surface area contributed by atoms with Crippen molar-refractivity contribution in [1.82, 2.24) is 10.6 Å². The third-order valence-corrected chi connectivity index (χ3v) is 2.27. The van der Waals surface area contributed by atoms with Crippen molar-refractivity contribution in [2.75, 3.05) is 19.6 Å². The van der Waals surface area contributed by atoms with E-state index >= 15 is 0 Å². The molecule has 0 aromatic heterocycles. The van der Waals surface area contributed by atoms with Crippen LogP contribution in [0, 0.1) is 5.82 Å². The summed E-state index contributed by atoms with van der Waals surface area (Å²) < 4.78 is 12.9. The van der Waals surface area contributed by atoms with E-state index in [9.17, 15) is 14.3 Å². The van der Waals surface area contributed by atoms with Gasteiger partial charge in [0, 0.05) is 6.54 Å². The van der Waals surface area contributed by atoms with Crippen molar-refractivity contribution in [1.29, 1.82) is 0 Å². The Labute approximate surface area is 99.8 Å². The molecule has 1 aromatic rings. The van der Waals surface area contributed by atoms with Gasteiger partial charge in [0.25, 0.3) is 5.91 Å². The first-order chi connectivity index (χ1) is 8.15. The first-order valence-corrected chi connectivity index (χ1v) is 5.62. The summed E-state index contributed by atoms with van der Waals surface area (Å²) >= 11 is 0. The van der Waals surface area contributed by atoms with Crippen LogP contribution in [-0.2, 0) is 0 Å². The summed E-state index contributed by atoms with van der Waals surface area (Å²) in [5.41, 5.74) is -0.0338. The zero-order valence-corrected chi connectivity index (χ0v) is 9.79. The molecule has 0 radical (unpaired) electrons. The maximum absolute atomic E-state index is 12.9. The minimum absolute atomic E-state index is 0.0338. The zero-order valence-electron chi connectivity index (χ0n) is 9.79. The smallest absolute Gasteiger partial charge is 0.255 e. The van der Waals surface area contributed by atoms with Crippen LogP contribution in [0.5, 0.6) is 5.75 Å². The predicted octanol–water partition coefficient (Wildman–Crippen LogP) is 1.26. The quantitative estimate of drug-likeness (QED) is 0.656. The number of rotatable bonds is 6. The summed E-state index contributed by atoms with van der Waals surface area (Å²) in [6, 6.07) is 3.30. The molecule has 0 atom stereocenters. The van der Waals surface area contributed by atoms with Crippen molar-refractivity contribution in [2.24, 2.45) is 0 Å². The molecule has 1 aromatic carbocycles. The first kappa shape index (κ1) is 13.4. The van der Waals surface area contributed by atoms with Crippen LogP contribution in [0.2, 0.25) is 0 Å². The molecule has 0 saturated heterocycles. The predicted molar refractivity (Wildman–Crippen MR) is 63.6 cm³/mol. The summed E-state index contributed by atoms with van der Waals surface area (Å²) in [7, 11) is 0.